The maximum atomic E-state index is 12.7. The third kappa shape index (κ3) is 2.73. The lowest BCUT2D eigenvalue weighted by Gasteiger charge is -1.99. The summed E-state index contributed by atoms with van der Waals surface area (Å²) in [6.07, 6.45) is 0. The molecule has 0 saturated carbocycles. The van der Waals surface area contributed by atoms with Crippen molar-refractivity contribution in [3.05, 3.63) is 35.4 Å². The van der Waals surface area contributed by atoms with Crippen molar-refractivity contribution >= 4 is 12.4 Å². The van der Waals surface area contributed by atoms with Crippen LogP contribution in [0.25, 0.3) is 0 Å². The fraction of sp³-hybridized carbons (Fsp3) is 0.143. The Bertz CT molecular complexity index is 257. The van der Waals surface area contributed by atoms with Crippen LogP contribution in [0.4, 0.5) is 8.78 Å². The van der Waals surface area contributed by atoms with Gasteiger partial charge in [0.2, 0.25) is 0 Å². The SMILES string of the molecule is Cl.NOCc1cc(F)ccc1F. The number of hydrogen-bond donors (Lipinski definition) is 1. The Balaban J connectivity index is 0.00000121. The highest BCUT2D eigenvalue weighted by Crippen LogP contribution is 2.09. The molecule has 5 heteroatoms. The Morgan fingerprint density at radius 1 is 1.33 bits per heavy atom. The van der Waals surface area contributed by atoms with Gasteiger partial charge in [-0.3, -0.25) is 4.84 Å². The lowest BCUT2D eigenvalue weighted by atomic mass is 10.2. The van der Waals surface area contributed by atoms with Gasteiger partial charge < -0.3 is 0 Å². The normalized spacial score (nSPS) is 9.25. The predicted molar refractivity (Wildman–Crippen MR) is 42.6 cm³/mol. The van der Waals surface area contributed by atoms with E-state index in [9.17, 15) is 8.78 Å². The zero-order chi connectivity index (χ0) is 8.27. The van der Waals surface area contributed by atoms with Gasteiger partial charge in [0.25, 0.3) is 0 Å². The fourth-order valence-electron chi connectivity index (χ4n) is 0.744. The predicted octanol–water partition coefficient (Wildman–Crippen LogP) is 1.78. The molecule has 0 aliphatic carbocycles. The second kappa shape index (κ2) is 5.03. The summed E-state index contributed by atoms with van der Waals surface area (Å²) in [5.41, 5.74) is 0.118. The Morgan fingerprint density at radius 2 is 2.00 bits per heavy atom. The van der Waals surface area contributed by atoms with Crippen molar-refractivity contribution in [2.24, 2.45) is 5.90 Å². The van der Waals surface area contributed by atoms with Crippen LogP contribution in [-0.2, 0) is 11.4 Å². The van der Waals surface area contributed by atoms with Crippen molar-refractivity contribution in [3.8, 4) is 0 Å². The summed E-state index contributed by atoms with van der Waals surface area (Å²) in [5, 5.41) is 0. The van der Waals surface area contributed by atoms with Crippen LogP contribution in [-0.4, -0.2) is 0 Å². The van der Waals surface area contributed by atoms with E-state index in [2.05, 4.69) is 4.84 Å². The molecule has 1 aromatic carbocycles. The van der Waals surface area contributed by atoms with Crippen molar-refractivity contribution < 1.29 is 13.6 Å². The third-order valence-corrected chi connectivity index (χ3v) is 1.25. The molecule has 0 aliphatic rings. The van der Waals surface area contributed by atoms with Crippen LogP contribution in [0, 0.1) is 11.6 Å². The summed E-state index contributed by atoms with van der Waals surface area (Å²) in [6, 6.07) is 3.11. The van der Waals surface area contributed by atoms with Gasteiger partial charge in [-0.2, -0.15) is 0 Å². The van der Waals surface area contributed by atoms with E-state index in [-0.39, 0.29) is 24.6 Å². The van der Waals surface area contributed by atoms with E-state index >= 15 is 0 Å². The molecular formula is C7H8ClF2NO. The summed E-state index contributed by atoms with van der Waals surface area (Å²) in [5.74, 6) is 3.67. The second-order valence-corrected chi connectivity index (χ2v) is 2.05. The molecule has 0 fully saturated rings. The average molecular weight is 196 g/mol. The topological polar surface area (TPSA) is 35.2 Å². The highest BCUT2D eigenvalue weighted by molar-refractivity contribution is 5.85. The molecule has 0 aromatic heterocycles. The molecule has 0 saturated heterocycles. The van der Waals surface area contributed by atoms with Gasteiger partial charge >= 0.3 is 0 Å². The van der Waals surface area contributed by atoms with Crippen molar-refractivity contribution in [1.29, 1.82) is 0 Å². The van der Waals surface area contributed by atoms with Crippen LogP contribution in [0.5, 0.6) is 0 Å². The smallest absolute Gasteiger partial charge is 0.129 e. The van der Waals surface area contributed by atoms with Gasteiger partial charge in [-0.25, -0.2) is 14.7 Å². The maximum absolute atomic E-state index is 12.7. The molecule has 2 N–H and O–H groups in total. The summed E-state index contributed by atoms with van der Waals surface area (Å²) in [6.45, 7) is -0.121. The minimum atomic E-state index is -0.517. The van der Waals surface area contributed by atoms with Crippen LogP contribution in [0.3, 0.4) is 0 Å². The van der Waals surface area contributed by atoms with E-state index in [1.165, 1.54) is 0 Å². The van der Waals surface area contributed by atoms with Gasteiger partial charge in [0.15, 0.2) is 0 Å². The van der Waals surface area contributed by atoms with Gasteiger partial charge in [-0.15, -0.1) is 12.4 Å². The van der Waals surface area contributed by atoms with Crippen molar-refractivity contribution in [2.45, 2.75) is 6.61 Å². The summed E-state index contributed by atoms with van der Waals surface area (Å²) < 4.78 is 25.1. The summed E-state index contributed by atoms with van der Waals surface area (Å²) in [4.78, 5) is 4.16. The Morgan fingerprint density at radius 3 is 2.58 bits per heavy atom. The summed E-state index contributed by atoms with van der Waals surface area (Å²) >= 11 is 0. The number of hydrogen-bond acceptors (Lipinski definition) is 2. The number of halogens is 3. The van der Waals surface area contributed by atoms with E-state index < -0.39 is 11.6 Å². The van der Waals surface area contributed by atoms with Crippen molar-refractivity contribution in [3.63, 3.8) is 0 Å². The van der Waals surface area contributed by atoms with Crippen molar-refractivity contribution in [1.82, 2.24) is 0 Å². The summed E-state index contributed by atoms with van der Waals surface area (Å²) in [7, 11) is 0. The van der Waals surface area contributed by atoms with E-state index in [1.807, 2.05) is 0 Å². The Hall–Kier alpha value is -0.710. The quantitative estimate of drug-likeness (QED) is 0.731. The number of benzene rings is 1. The lowest BCUT2D eigenvalue weighted by Crippen LogP contribution is -2.01. The monoisotopic (exact) mass is 195 g/mol. The first-order valence-corrected chi connectivity index (χ1v) is 2.99. The van der Waals surface area contributed by atoms with Gasteiger partial charge in [-0.05, 0) is 18.2 Å². The molecule has 0 heterocycles. The van der Waals surface area contributed by atoms with E-state index in [0.29, 0.717) is 0 Å². The largest absolute Gasteiger partial charge is 0.300 e. The fourth-order valence-corrected chi connectivity index (χ4v) is 0.744. The van der Waals surface area contributed by atoms with Gasteiger partial charge in [-0.1, -0.05) is 0 Å². The van der Waals surface area contributed by atoms with Crippen LogP contribution in [0.2, 0.25) is 0 Å². The Kier molecular flexibility index (Phi) is 4.73. The average Bonchev–Trinajstić information content (AvgIpc) is 1.98. The van der Waals surface area contributed by atoms with Crippen LogP contribution >= 0.6 is 12.4 Å². The molecule has 0 unspecified atom stereocenters. The van der Waals surface area contributed by atoms with Crippen LogP contribution < -0.4 is 5.90 Å². The highest BCUT2D eigenvalue weighted by Gasteiger charge is 2.02. The van der Waals surface area contributed by atoms with E-state index in [0.717, 1.165) is 18.2 Å². The number of rotatable bonds is 2. The minimum absolute atomic E-state index is 0. The zero-order valence-corrected chi connectivity index (χ0v) is 6.91. The third-order valence-electron chi connectivity index (χ3n) is 1.25. The second-order valence-electron chi connectivity index (χ2n) is 2.05. The van der Waals surface area contributed by atoms with E-state index in [1.54, 1.807) is 0 Å². The molecule has 2 nitrogen and oxygen atoms in total. The molecule has 0 aliphatic heterocycles. The molecule has 0 radical (unpaired) electrons. The maximum Gasteiger partial charge on any atom is 0.129 e. The van der Waals surface area contributed by atoms with Gasteiger partial charge in [0.1, 0.15) is 11.6 Å². The molecule has 0 atom stereocenters. The molecule has 0 amide bonds. The molecule has 1 rings (SSSR count). The first-order chi connectivity index (χ1) is 5.24. The number of nitrogens with two attached hydrogens (primary N) is 1. The van der Waals surface area contributed by atoms with Gasteiger partial charge in [0, 0.05) is 5.56 Å². The Labute approximate surface area is 74.7 Å². The standard InChI is InChI=1S/C7H7F2NO.ClH/c8-6-1-2-7(9)5(3-6)4-11-10;/h1-3H,4,10H2;1H. The van der Waals surface area contributed by atoms with E-state index in [4.69, 9.17) is 5.90 Å². The van der Waals surface area contributed by atoms with Gasteiger partial charge in [0.05, 0.1) is 6.61 Å². The molecule has 68 valence electrons. The molecule has 12 heavy (non-hydrogen) atoms. The molecule has 0 spiro atoms. The highest BCUT2D eigenvalue weighted by atomic mass is 35.5. The van der Waals surface area contributed by atoms with Crippen molar-refractivity contribution in [2.75, 3.05) is 0 Å². The molecule has 0 bridgehead atoms. The molecule has 1 aromatic rings. The zero-order valence-electron chi connectivity index (χ0n) is 6.09. The van der Waals surface area contributed by atoms with Crippen LogP contribution in [0.1, 0.15) is 5.56 Å². The first kappa shape index (κ1) is 11.3. The minimum Gasteiger partial charge on any atom is -0.300 e. The van der Waals surface area contributed by atoms with Crippen LogP contribution in [0.15, 0.2) is 18.2 Å². The molecular weight excluding hydrogens is 188 g/mol. The lowest BCUT2D eigenvalue weighted by molar-refractivity contribution is 0.121. The first-order valence-electron chi connectivity index (χ1n) is 2.99.